The summed E-state index contributed by atoms with van der Waals surface area (Å²) in [5, 5.41) is 0. The highest BCUT2D eigenvalue weighted by atomic mass is 32.2. The van der Waals surface area contributed by atoms with Crippen LogP contribution in [0.25, 0.3) is 0 Å². The summed E-state index contributed by atoms with van der Waals surface area (Å²) in [5.74, 6) is 0.477. The smallest absolute Gasteiger partial charge is 0.416 e. The van der Waals surface area contributed by atoms with Crippen molar-refractivity contribution in [3.8, 4) is 5.75 Å². The number of ether oxygens (including phenoxy) is 2. The van der Waals surface area contributed by atoms with Crippen LogP contribution in [0.2, 0.25) is 0 Å². The average molecular weight is 375 g/mol. The van der Waals surface area contributed by atoms with Crippen LogP contribution in [0.4, 0.5) is 18.9 Å². The number of benzene rings is 2. The Labute approximate surface area is 143 Å². The molecule has 0 saturated carbocycles. The number of methoxy groups -OCH3 is 1. The van der Waals surface area contributed by atoms with Crippen LogP contribution in [0.15, 0.2) is 53.4 Å². The first-order valence-electron chi connectivity index (χ1n) is 7.14. The molecule has 2 rings (SSSR count). The van der Waals surface area contributed by atoms with E-state index in [9.17, 15) is 21.6 Å². The Balaban J connectivity index is 2.08. The van der Waals surface area contributed by atoms with Crippen LogP contribution < -0.4 is 9.46 Å². The third-order valence-corrected chi connectivity index (χ3v) is 4.55. The Morgan fingerprint density at radius 3 is 2.08 bits per heavy atom. The molecule has 0 amide bonds. The van der Waals surface area contributed by atoms with E-state index in [1.165, 1.54) is 31.4 Å². The molecule has 0 heterocycles. The number of anilines is 1. The molecule has 0 saturated heterocycles. The lowest BCUT2D eigenvalue weighted by Crippen LogP contribution is -2.13. The third kappa shape index (κ3) is 5.36. The first-order valence-corrected chi connectivity index (χ1v) is 8.62. The minimum atomic E-state index is -4.48. The van der Waals surface area contributed by atoms with Crippen molar-refractivity contribution in [2.75, 3.05) is 25.0 Å². The van der Waals surface area contributed by atoms with Gasteiger partial charge in [-0.1, -0.05) is 0 Å². The van der Waals surface area contributed by atoms with Gasteiger partial charge in [-0.05, 0) is 48.5 Å². The standard InChI is InChI=1S/C16H16F3NO4S/c1-23-10-11-24-14-6-8-15(9-7-14)25(21,22)20-13-4-2-12(3-5-13)16(17,18)19/h2-9,20H,10-11H2,1H3. The average Bonchev–Trinajstić information content (AvgIpc) is 2.55. The second kappa shape index (κ2) is 7.75. The monoisotopic (exact) mass is 375 g/mol. The summed E-state index contributed by atoms with van der Waals surface area (Å²) in [4.78, 5) is -0.0357. The van der Waals surface area contributed by atoms with Crippen molar-refractivity contribution in [3.05, 3.63) is 54.1 Å². The number of nitrogens with one attached hydrogen (secondary N) is 1. The van der Waals surface area contributed by atoms with E-state index in [2.05, 4.69) is 4.72 Å². The van der Waals surface area contributed by atoms with Gasteiger partial charge in [0.25, 0.3) is 10.0 Å². The number of hydrogen-bond donors (Lipinski definition) is 1. The molecule has 0 fully saturated rings. The SMILES string of the molecule is COCCOc1ccc(S(=O)(=O)Nc2ccc(C(F)(F)F)cc2)cc1. The Hall–Kier alpha value is -2.26. The van der Waals surface area contributed by atoms with Gasteiger partial charge in [-0.15, -0.1) is 0 Å². The quantitative estimate of drug-likeness (QED) is 0.752. The van der Waals surface area contributed by atoms with Crippen molar-refractivity contribution < 1.29 is 31.1 Å². The van der Waals surface area contributed by atoms with Gasteiger partial charge < -0.3 is 9.47 Å². The van der Waals surface area contributed by atoms with Gasteiger partial charge in [0.05, 0.1) is 17.1 Å². The van der Waals surface area contributed by atoms with E-state index in [0.29, 0.717) is 19.0 Å². The van der Waals surface area contributed by atoms with E-state index in [-0.39, 0.29) is 10.6 Å². The van der Waals surface area contributed by atoms with E-state index in [1.54, 1.807) is 0 Å². The molecule has 0 aliphatic rings. The van der Waals surface area contributed by atoms with E-state index < -0.39 is 21.8 Å². The molecule has 1 N–H and O–H groups in total. The molecule has 0 aromatic heterocycles. The zero-order valence-corrected chi connectivity index (χ0v) is 14.0. The molecule has 0 bridgehead atoms. The molecule has 5 nitrogen and oxygen atoms in total. The van der Waals surface area contributed by atoms with Gasteiger partial charge in [0.15, 0.2) is 0 Å². The van der Waals surface area contributed by atoms with Crippen LogP contribution in [-0.2, 0) is 20.9 Å². The van der Waals surface area contributed by atoms with Crippen molar-refractivity contribution in [1.82, 2.24) is 0 Å². The van der Waals surface area contributed by atoms with Gasteiger partial charge in [0.1, 0.15) is 12.4 Å². The Kier molecular flexibility index (Phi) is 5.91. The van der Waals surface area contributed by atoms with Gasteiger partial charge in [0, 0.05) is 12.8 Å². The summed E-state index contributed by atoms with van der Waals surface area (Å²) in [6.07, 6.45) is -4.48. The van der Waals surface area contributed by atoms with E-state index >= 15 is 0 Å². The van der Waals surface area contributed by atoms with Crippen LogP contribution in [0, 0.1) is 0 Å². The molecule has 0 aliphatic heterocycles. The molecular weight excluding hydrogens is 359 g/mol. The van der Waals surface area contributed by atoms with Gasteiger partial charge in [0.2, 0.25) is 0 Å². The van der Waals surface area contributed by atoms with Crippen molar-refractivity contribution >= 4 is 15.7 Å². The highest BCUT2D eigenvalue weighted by Gasteiger charge is 2.30. The molecule has 2 aromatic carbocycles. The number of rotatable bonds is 7. The molecule has 0 unspecified atom stereocenters. The summed E-state index contributed by atoms with van der Waals surface area (Å²) in [5.41, 5.74) is -0.818. The fourth-order valence-electron chi connectivity index (χ4n) is 1.90. The largest absolute Gasteiger partial charge is 0.491 e. The minimum Gasteiger partial charge on any atom is -0.491 e. The van der Waals surface area contributed by atoms with Crippen molar-refractivity contribution in [3.63, 3.8) is 0 Å². The molecule has 0 atom stereocenters. The predicted molar refractivity (Wildman–Crippen MR) is 86.1 cm³/mol. The lowest BCUT2D eigenvalue weighted by molar-refractivity contribution is -0.137. The fourth-order valence-corrected chi connectivity index (χ4v) is 2.96. The number of hydrogen-bond acceptors (Lipinski definition) is 4. The molecule has 9 heteroatoms. The van der Waals surface area contributed by atoms with E-state index in [0.717, 1.165) is 24.3 Å². The van der Waals surface area contributed by atoms with Gasteiger partial charge in [-0.2, -0.15) is 13.2 Å². The molecular formula is C16H16F3NO4S. The number of alkyl halides is 3. The van der Waals surface area contributed by atoms with Gasteiger partial charge in [-0.3, -0.25) is 4.72 Å². The summed E-state index contributed by atoms with van der Waals surface area (Å²) in [6, 6.07) is 9.39. The van der Waals surface area contributed by atoms with Crippen molar-refractivity contribution in [2.45, 2.75) is 11.1 Å². The topological polar surface area (TPSA) is 64.6 Å². The van der Waals surface area contributed by atoms with Gasteiger partial charge in [-0.25, -0.2) is 8.42 Å². The second-order valence-electron chi connectivity index (χ2n) is 4.99. The van der Waals surface area contributed by atoms with Crippen LogP contribution in [0.3, 0.4) is 0 Å². The number of sulfonamides is 1. The fraction of sp³-hybridized carbons (Fsp3) is 0.250. The third-order valence-electron chi connectivity index (χ3n) is 3.15. The number of halogens is 3. The zero-order chi connectivity index (χ0) is 18.5. The summed E-state index contributed by atoms with van der Waals surface area (Å²) in [7, 11) is -2.38. The minimum absolute atomic E-state index is 0.0356. The molecule has 0 aliphatic carbocycles. The summed E-state index contributed by atoms with van der Waals surface area (Å²) in [6.45, 7) is 0.724. The molecule has 0 radical (unpaired) electrons. The second-order valence-corrected chi connectivity index (χ2v) is 6.68. The molecule has 0 spiro atoms. The Morgan fingerprint density at radius 1 is 0.960 bits per heavy atom. The van der Waals surface area contributed by atoms with E-state index in [4.69, 9.17) is 9.47 Å². The van der Waals surface area contributed by atoms with Crippen molar-refractivity contribution in [2.24, 2.45) is 0 Å². The Morgan fingerprint density at radius 2 is 1.56 bits per heavy atom. The van der Waals surface area contributed by atoms with Crippen LogP contribution >= 0.6 is 0 Å². The molecule has 25 heavy (non-hydrogen) atoms. The molecule has 2 aromatic rings. The van der Waals surface area contributed by atoms with Crippen LogP contribution in [0.5, 0.6) is 5.75 Å². The lowest BCUT2D eigenvalue weighted by atomic mass is 10.2. The summed E-state index contributed by atoms with van der Waals surface area (Å²) < 4.78 is 74.5. The summed E-state index contributed by atoms with van der Waals surface area (Å²) >= 11 is 0. The molecule has 136 valence electrons. The normalized spacial score (nSPS) is 12.0. The first kappa shape index (κ1) is 19.1. The Bertz CT molecular complexity index is 788. The first-order chi connectivity index (χ1) is 11.7. The van der Waals surface area contributed by atoms with Gasteiger partial charge >= 0.3 is 6.18 Å². The predicted octanol–water partition coefficient (Wildman–Crippen LogP) is 3.53. The highest BCUT2D eigenvalue weighted by molar-refractivity contribution is 7.92. The highest BCUT2D eigenvalue weighted by Crippen LogP contribution is 2.30. The maximum Gasteiger partial charge on any atom is 0.416 e. The van der Waals surface area contributed by atoms with Crippen molar-refractivity contribution in [1.29, 1.82) is 0 Å². The van der Waals surface area contributed by atoms with Crippen LogP contribution in [0.1, 0.15) is 5.56 Å². The maximum atomic E-state index is 12.5. The zero-order valence-electron chi connectivity index (χ0n) is 13.2. The maximum absolute atomic E-state index is 12.5. The van der Waals surface area contributed by atoms with Crippen LogP contribution in [-0.4, -0.2) is 28.7 Å². The van der Waals surface area contributed by atoms with E-state index in [1.807, 2.05) is 0 Å². The lowest BCUT2D eigenvalue weighted by Gasteiger charge is -2.11.